The van der Waals surface area contributed by atoms with Crippen LogP contribution in [0.2, 0.25) is 0 Å². The van der Waals surface area contributed by atoms with Crippen molar-refractivity contribution in [1.29, 1.82) is 0 Å². The average Bonchev–Trinajstić information content (AvgIpc) is 2.66. The highest BCUT2D eigenvalue weighted by Gasteiger charge is 2.15. The minimum atomic E-state index is -3.72. The molecule has 0 atom stereocenters. The monoisotopic (exact) mass is 382 g/mol. The molecule has 0 amide bonds. The van der Waals surface area contributed by atoms with Gasteiger partial charge in [0.05, 0.1) is 11.5 Å². The van der Waals surface area contributed by atoms with E-state index in [0.717, 1.165) is 27.8 Å². The van der Waals surface area contributed by atoms with Gasteiger partial charge in [0.2, 0.25) is 0 Å². The van der Waals surface area contributed by atoms with Gasteiger partial charge >= 0.3 is 0 Å². The second-order valence-electron chi connectivity index (χ2n) is 6.42. The first-order valence-electron chi connectivity index (χ1n) is 8.77. The van der Waals surface area contributed by atoms with Crippen LogP contribution in [0.1, 0.15) is 23.1 Å². The summed E-state index contributed by atoms with van der Waals surface area (Å²) in [7, 11) is -3.72. The molecular formula is C21H22N2O3S. The van der Waals surface area contributed by atoms with Gasteiger partial charge in [0, 0.05) is 35.9 Å². The smallest absolute Gasteiger partial charge is 0.266 e. The van der Waals surface area contributed by atoms with Gasteiger partial charge in [-0.05, 0) is 62.1 Å². The summed E-state index contributed by atoms with van der Waals surface area (Å²) >= 11 is 0. The molecule has 0 N–H and O–H groups in total. The van der Waals surface area contributed by atoms with Crippen LogP contribution in [-0.2, 0) is 20.7 Å². The molecule has 0 saturated carbocycles. The second-order valence-corrected chi connectivity index (χ2v) is 8.03. The van der Waals surface area contributed by atoms with Gasteiger partial charge in [0.1, 0.15) is 0 Å². The van der Waals surface area contributed by atoms with E-state index in [0.29, 0.717) is 12.8 Å². The van der Waals surface area contributed by atoms with Crippen LogP contribution in [0.5, 0.6) is 0 Å². The summed E-state index contributed by atoms with van der Waals surface area (Å²) in [6.07, 6.45) is 8.43. The van der Waals surface area contributed by atoms with E-state index in [2.05, 4.69) is 9.97 Å². The van der Waals surface area contributed by atoms with Crippen molar-refractivity contribution in [3.63, 3.8) is 0 Å². The maximum absolute atomic E-state index is 12.2. The molecule has 5 nitrogen and oxygen atoms in total. The van der Waals surface area contributed by atoms with Crippen molar-refractivity contribution in [2.75, 3.05) is 6.61 Å². The lowest BCUT2D eigenvalue weighted by Crippen LogP contribution is -2.08. The highest BCUT2D eigenvalue weighted by atomic mass is 32.2. The molecule has 27 heavy (non-hydrogen) atoms. The first-order valence-corrected chi connectivity index (χ1v) is 10.2. The minimum Gasteiger partial charge on any atom is -0.266 e. The number of hydrogen-bond acceptors (Lipinski definition) is 5. The van der Waals surface area contributed by atoms with Crippen molar-refractivity contribution < 1.29 is 12.6 Å². The van der Waals surface area contributed by atoms with E-state index in [1.54, 1.807) is 36.7 Å². The van der Waals surface area contributed by atoms with Crippen molar-refractivity contribution in [2.45, 2.75) is 31.6 Å². The summed E-state index contributed by atoms with van der Waals surface area (Å²) < 4.78 is 29.7. The molecule has 140 valence electrons. The second kappa shape index (κ2) is 8.41. The summed E-state index contributed by atoms with van der Waals surface area (Å²) in [6.45, 7) is 4.07. The molecule has 0 unspecified atom stereocenters. The van der Waals surface area contributed by atoms with Crippen LogP contribution < -0.4 is 0 Å². The van der Waals surface area contributed by atoms with Crippen molar-refractivity contribution in [3.05, 3.63) is 77.9 Å². The first kappa shape index (κ1) is 19.2. The Morgan fingerprint density at radius 3 is 2.26 bits per heavy atom. The van der Waals surface area contributed by atoms with Crippen LogP contribution in [0.3, 0.4) is 0 Å². The zero-order valence-corrected chi connectivity index (χ0v) is 16.2. The number of nitrogens with zero attached hydrogens (tertiary/aromatic N) is 2. The normalized spacial score (nSPS) is 11.5. The molecule has 0 aliphatic carbocycles. The van der Waals surface area contributed by atoms with Crippen LogP contribution in [0.25, 0.3) is 11.1 Å². The van der Waals surface area contributed by atoms with E-state index in [4.69, 9.17) is 4.18 Å². The highest BCUT2D eigenvalue weighted by Crippen LogP contribution is 2.26. The van der Waals surface area contributed by atoms with Gasteiger partial charge in [-0.1, -0.05) is 17.7 Å². The summed E-state index contributed by atoms with van der Waals surface area (Å²) in [5.74, 6) is 0. The Kier molecular flexibility index (Phi) is 5.98. The first-order chi connectivity index (χ1) is 13.0. The maximum atomic E-state index is 12.2. The third-order valence-electron chi connectivity index (χ3n) is 4.38. The van der Waals surface area contributed by atoms with Gasteiger partial charge in [-0.2, -0.15) is 8.42 Å². The Hall–Kier alpha value is -2.57. The van der Waals surface area contributed by atoms with Gasteiger partial charge in [-0.25, -0.2) is 0 Å². The van der Waals surface area contributed by atoms with Gasteiger partial charge < -0.3 is 0 Å². The molecular weight excluding hydrogens is 360 g/mol. The summed E-state index contributed by atoms with van der Waals surface area (Å²) in [5.41, 5.74) is 5.28. The van der Waals surface area contributed by atoms with Crippen LogP contribution in [0.15, 0.2) is 66.1 Å². The zero-order chi connectivity index (χ0) is 19.3. The van der Waals surface area contributed by atoms with Crippen LogP contribution in [0, 0.1) is 13.8 Å². The van der Waals surface area contributed by atoms with Crippen molar-refractivity contribution in [2.24, 2.45) is 0 Å². The lowest BCUT2D eigenvalue weighted by Gasteiger charge is -2.11. The van der Waals surface area contributed by atoms with Crippen LogP contribution >= 0.6 is 0 Å². The molecule has 0 aliphatic heterocycles. The predicted molar refractivity (Wildman–Crippen MR) is 105 cm³/mol. The fraction of sp³-hybridized carbons (Fsp3) is 0.238. The number of pyridine rings is 2. The standard InChI is InChI=1S/C21H22N2O3S/c1-16-5-7-19(8-6-16)27(24,25)26-13-3-4-18-10-12-23-15-21(18)20-14-22-11-9-17(20)2/h5-12,14-15H,3-4,13H2,1-2H3. The molecule has 2 aromatic heterocycles. The van der Waals surface area contributed by atoms with E-state index in [1.807, 2.05) is 38.4 Å². The van der Waals surface area contributed by atoms with Gasteiger partial charge in [0.25, 0.3) is 10.1 Å². The van der Waals surface area contributed by atoms with E-state index in [-0.39, 0.29) is 11.5 Å². The molecule has 0 bridgehead atoms. The molecule has 1 aromatic carbocycles. The lowest BCUT2D eigenvalue weighted by atomic mass is 9.97. The highest BCUT2D eigenvalue weighted by molar-refractivity contribution is 7.86. The molecule has 0 radical (unpaired) electrons. The van der Waals surface area contributed by atoms with E-state index in [1.165, 1.54) is 0 Å². The number of benzene rings is 1. The van der Waals surface area contributed by atoms with Crippen molar-refractivity contribution in [3.8, 4) is 11.1 Å². The third kappa shape index (κ3) is 4.78. The summed E-state index contributed by atoms with van der Waals surface area (Å²) in [5, 5.41) is 0. The minimum absolute atomic E-state index is 0.129. The molecule has 0 saturated heterocycles. The molecule has 3 rings (SSSR count). The predicted octanol–water partition coefficient (Wildman–Crippen LogP) is 4.10. The topological polar surface area (TPSA) is 69.2 Å². The maximum Gasteiger partial charge on any atom is 0.296 e. The van der Waals surface area contributed by atoms with E-state index < -0.39 is 10.1 Å². The van der Waals surface area contributed by atoms with Gasteiger partial charge in [0.15, 0.2) is 0 Å². The third-order valence-corrected chi connectivity index (χ3v) is 5.71. The van der Waals surface area contributed by atoms with Crippen molar-refractivity contribution >= 4 is 10.1 Å². The molecule has 0 aliphatic rings. The Morgan fingerprint density at radius 2 is 1.56 bits per heavy atom. The molecule has 0 fully saturated rings. The van der Waals surface area contributed by atoms with Crippen molar-refractivity contribution in [1.82, 2.24) is 9.97 Å². The van der Waals surface area contributed by atoms with Gasteiger partial charge in [-0.15, -0.1) is 0 Å². The molecule has 2 heterocycles. The molecule has 0 spiro atoms. The number of aryl methyl sites for hydroxylation is 3. The van der Waals surface area contributed by atoms with Crippen LogP contribution in [-0.4, -0.2) is 25.0 Å². The largest absolute Gasteiger partial charge is 0.296 e. The number of aromatic nitrogens is 2. The SMILES string of the molecule is Cc1ccc(S(=O)(=O)OCCCc2ccncc2-c2cnccc2C)cc1. The number of rotatable bonds is 7. The Labute approximate surface area is 160 Å². The average molecular weight is 382 g/mol. The summed E-state index contributed by atoms with van der Waals surface area (Å²) in [4.78, 5) is 8.61. The van der Waals surface area contributed by atoms with E-state index >= 15 is 0 Å². The molecule has 3 aromatic rings. The zero-order valence-electron chi connectivity index (χ0n) is 15.4. The number of hydrogen-bond donors (Lipinski definition) is 0. The summed E-state index contributed by atoms with van der Waals surface area (Å²) in [6, 6.07) is 10.6. The Morgan fingerprint density at radius 1 is 0.889 bits per heavy atom. The fourth-order valence-electron chi connectivity index (χ4n) is 2.83. The quantitative estimate of drug-likeness (QED) is 0.454. The Bertz CT molecular complexity index is 1020. The fourth-order valence-corrected chi connectivity index (χ4v) is 3.78. The van der Waals surface area contributed by atoms with E-state index in [9.17, 15) is 8.42 Å². The molecule has 6 heteroatoms. The van der Waals surface area contributed by atoms with Crippen LogP contribution in [0.4, 0.5) is 0 Å². The lowest BCUT2D eigenvalue weighted by molar-refractivity contribution is 0.312. The Balaban J connectivity index is 1.65. The van der Waals surface area contributed by atoms with Gasteiger partial charge in [-0.3, -0.25) is 14.2 Å².